The van der Waals surface area contributed by atoms with Crippen LogP contribution in [-0.2, 0) is 0 Å². The van der Waals surface area contributed by atoms with E-state index in [1.54, 1.807) is 10.9 Å². The molecule has 0 radical (unpaired) electrons. The van der Waals surface area contributed by atoms with Crippen molar-refractivity contribution in [3.8, 4) is 0 Å². The van der Waals surface area contributed by atoms with Crippen molar-refractivity contribution >= 4 is 18.5 Å². The molecule has 0 bridgehead atoms. The Kier molecular flexibility index (Phi) is 8.88. The molecule has 2 aromatic carbocycles. The molecule has 0 heterocycles. The van der Waals surface area contributed by atoms with Gasteiger partial charge >= 0.3 is 0 Å². The molecule has 0 N–H and O–H groups in total. The SMILES string of the molecule is CC[C@@H](C1=C(P(c2ccccc2)c2ccccc2)CC=C1)N(C)CCN(CC)CC. The van der Waals surface area contributed by atoms with Gasteiger partial charge in [0.25, 0.3) is 0 Å². The molecule has 30 heavy (non-hydrogen) atoms. The molecular formula is C27H37N2P. The first kappa shape index (κ1) is 22.9. The average Bonchev–Trinajstić information content (AvgIpc) is 3.25. The third kappa shape index (κ3) is 5.49. The molecule has 2 nitrogen and oxygen atoms in total. The van der Waals surface area contributed by atoms with Gasteiger partial charge in [-0.05, 0) is 62.4 Å². The molecule has 0 unspecified atom stereocenters. The van der Waals surface area contributed by atoms with Gasteiger partial charge in [0.2, 0.25) is 0 Å². The molecule has 0 amide bonds. The minimum absolute atomic E-state index is 0.478. The molecule has 1 aliphatic rings. The molecule has 0 aliphatic heterocycles. The Morgan fingerprint density at radius 1 is 0.833 bits per heavy atom. The van der Waals surface area contributed by atoms with E-state index in [-0.39, 0.29) is 0 Å². The lowest BCUT2D eigenvalue weighted by Gasteiger charge is -2.32. The minimum Gasteiger partial charge on any atom is -0.303 e. The van der Waals surface area contributed by atoms with E-state index in [0.717, 1.165) is 39.0 Å². The smallest absolute Gasteiger partial charge is 0.0346 e. The van der Waals surface area contributed by atoms with Crippen molar-refractivity contribution < 1.29 is 0 Å². The summed E-state index contributed by atoms with van der Waals surface area (Å²) in [5.41, 5.74) is 1.55. The fourth-order valence-corrected chi connectivity index (χ4v) is 7.05. The molecule has 0 spiro atoms. The quantitative estimate of drug-likeness (QED) is 0.450. The van der Waals surface area contributed by atoms with Crippen LogP contribution in [0.15, 0.2) is 83.7 Å². The monoisotopic (exact) mass is 420 g/mol. The Morgan fingerprint density at radius 2 is 1.40 bits per heavy atom. The molecule has 1 aliphatic carbocycles. The predicted octanol–water partition coefficient (Wildman–Crippen LogP) is 5.39. The zero-order chi connectivity index (χ0) is 21.3. The summed E-state index contributed by atoms with van der Waals surface area (Å²) < 4.78 is 0. The predicted molar refractivity (Wildman–Crippen MR) is 134 cm³/mol. The maximum Gasteiger partial charge on any atom is 0.0346 e. The lowest BCUT2D eigenvalue weighted by atomic mass is 10.0. The van der Waals surface area contributed by atoms with Crippen LogP contribution in [-0.4, -0.2) is 49.1 Å². The molecule has 1 atom stereocenters. The molecule has 0 aromatic heterocycles. The average molecular weight is 421 g/mol. The van der Waals surface area contributed by atoms with Crippen molar-refractivity contribution in [1.29, 1.82) is 0 Å². The van der Waals surface area contributed by atoms with Gasteiger partial charge in [-0.1, -0.05) is 93.6 Å². The highest BCUT2D eigenvalue weighted by Gasteiger charge is 2.28. The zero-order valence-electron chi connectivity index (χ0n) is 19.1. The van der Waals surface area contributed by atoms with Crippen molar-refractivity contribution in [2.45, 2.75) is 39.7 Å². The van der Waals surface area contributed by atoms with Gasteiger partial charge in [-0.15, -0.1) is 0 Å². The van der Waals surface area contributed by atoms with E-state index in [4.69, 9.17) is 0 Å². The second-order valence-corrected chi connectivity index (χ2v) is 10.2. The number of rotatable bonds is 11. The van der Waals surface area contributed by atoms with Crippen LogP contribution in [0.5, 0.6) is 0 Å². The van der Waals surface area contributed by atoms with Gasteiger partial charge in [-0.3, -0.25) is 4.90 Å². The number of allylic oxidation sites excluding steroid dienone is 2. The number of benzene rings is 2. The van der Waals surface area contributed by atoms with Gasteiger partial charge in [0.05, 0.1) is 0 Å². The van der Waals surface area contributed by atoms with Gasteiger partial charge in [0, 0.05) is 19.1 Å². The summed E-state index contributed by atoms with van der Waals surface area (Å²) in [5, 5.41) is 4.54. The summed E-state index contributed by atoms with van der Waals surface area (Å²) in [5.74, 6) is 0. The van der Waals surface area contributed by atoms with Crippen molar-refractivity contribution in [3.05, 3.63) is 83.7 Å². The first-order valence-corrected chi connectivity index (χ1v) is 12.8. The van der Waals surface area contributed by atoms with E-state index < -0.39 is 7.92 Å². The topological polar surface area (TPSA) is 6.48 Å². The first-order valence-electron chi connectivity index (χ1n) is 11.4. The maximum atomic E-state index is 2.58. The van der Waals surface area contributed by atoms with Crippen LogP contribution in [0.2, 0.25) is 0 Å². The van der Waals surface area contributed by atoms with E-state index in [0.29, 0.717) is 6.04 Å². The molecule has 0 fully saturated rings. The first-order chi connectivity index (χ1) is 14.7. The van der Waals surface area contributed by atoms with Crippen LogP contribution in [0.1, 0.15) is 33.6 Å². The number of nitrogens with zero attached hydrogens (tertiary/aromatic N) is 2. The highest BCUT2D eigenvalue weighted by atomic mass is 31.1. The minimum atomic E-state index is -0.502. The van der Waals surface area contributed by atoms with Crippen molar-refractivity contribution in [2.24, 2.45) is 0 Å². The Bertz CT molecular complexity index is 785. The fourth-order valence-electron chi connectivity index (χ4n) is 4.41. The largest absolute Gasteiger partial charge is 0.303 e. The van der Waals surface area contributed by atoms with Crippen LogP contribution in [0.4, 0.5) is 0 Å². The Balaban J connectivity index is 1.94. The second kappa shape index (κ2) is 11.6. The second-order valence-electron chi connectivity index (χ2n) is 7.95. The van der Waals surface area contributed by atoms with Crippen molar-refractivity contribution in [2.75, 3.05) is 33.2 Å². The van der Waals surface area contributed by atoms with Crippen LogP contribution in [0.3, 0.4) is 0 Å². The van der Waals surface area contributed by atoms with Crippen LogP contribution < -0.4 is 10.6 Å². The summed E-state index contributed by atoms with van der Waals surface area (Å²) in [6, 6.07) is 22.7. The van der Waals surface area contributed by atoms with Crippen molar-refractivity contribution in [1.82, 2.24) is 9.80 Å². The van der Waals surface area contributed by atoms with Crippen LogP contribution >= 0.6 is 7.92 Å². The summed E-state index contributed by atoms with van der Waals surface area (Å²) in [7, 11) is 1.81. The Labute approximate surface area is 185 Å². The van der Waals surface area contributed by atoms with Crippen LogP contribution in [0, 0.1) is 0 Å². The Hall–Kier alpha value is -1.73. The van der Waals surface area contributed by atoms with E-state index in [9.17, 15) is 0 Å². The highest BCUT2D eigenvalue weighted by molar-refractivity contribution is 7.76. The van der Waals surface area contributed by atoms with Crippen LogP contribution in [0.25, 0.3) is 0 Å². The summed E-state index contributed by atoms with van der Waals surface area (Å²) in [6.45, 7) is 11.4. The van der Waals surface area contributed by atoms with Gasteiger partial charge in [0.1, 0.15) is 0 Å². The molecule has 3 rings (SSSR count). The number of likely N-dealkylation sites (N-methyl/N-ethyl adjacent to an activating group) is 2. The third-order valence-electron chi connectivity index (χ3n) is 6.18. The van der Waals surface area contributed by atoms with Gasteiger partial charge in [-0.25, -0.2) is 0 Å². The molecule has 2 aromatic rings. The van der Waals surface area contributed by atoms with E-state index in [1.807, 2.05) is 0 Å². The van der Waals surface area contributed by atoms with E-state index in [1.165, 1.54) is 10.6 Å². The summed E-state index contributed by atoms with van der Waals surface area (Å²) in [6.07, 6.45) is 7.02. The molecule has 0 saturated heterocycles. The van der Waals surface area contributed by atoms with Gasteiger partial charge in [0.15, 0.2) is 0 Å². The number of hydrogen-bond donors (Lipinski definition) is 0. The molecule has 3 heteroatoms. The Morgan fingerprint density at radius 3 is 1.90 bits per heavy atom. The third-order valence-corrected chi connectivity index (χ3v) is 8.79. The number of hydrogen-bond acceptors (Lipinski definition) is 2. The maximum absolute atomic E-state index is 2.58. The van der Waals surface area contributed by atoms with Gasteiger partial charge < -0.3 is 4.90 Å². The van der Waals surface area contributed by atoms with Gasteiger partial charge in [-0.2, -0.15) is 0 Å². The van der Waals surface area contributed by atoms with E-state index in [2.05, 4.69) is 110 Å². The zero-order valence-corrected chi connectivity index (χ0v) is 20.0. The molecular weight excluding hydrogens is 383 g/mol. The van der Waals surface area contributed by atoms with E-state index >= 15 is 0 Å². The molecule has 160 valence electrons. The fraction of sp³-hybridized carbons (Fsp3) is 0.407. The standard InChI is InChI=1S/C27H37N2P/c1-5-26(28(4)21-22-29(6-2)7-3)25-19-14-20-27(25)30(23-15-10-8-11-16-23)24-17-12-9-13-18-24/h8-19,26H,5-7,20-22H2,1-4H3/t26-/m0/s1. The summed E-state index contributed by atoms with van der Waals surface area (Å²) >= 11 is 0. The lowest BCUT2D eigenvalue weighted by molar-refractivity contribution is 0.211. The lowest BCUT2D eigenvalue weighted by Crippen LogP contribution is -2.39. The molecule has 0 saturated carbocycles. The van der Waals surface area contributed by atoms with Crippen molar-refractivity contribution in [3.63, 3.8) is 0 Å². The normalized spacial score (nSPS) is 15.0. The summed E-state index contributed by atoms with van der Waals surface area (Å²) in [4.78, 5) is 5.09. The highest BCUT2D eigenvalue weighted by Crippen LogP contribution is 2.49.